The fraction of sp³-hybridized carbons (Fsp3) is 0.294. The Labute approximate surface area is 134 Å². The van der Waals surface area contributed by atoms with E-state index >= 15 is 0 Å². The van der Waals surface area contributed by atoms with Crippen molar-refractivity contribution in [2.24, 2.45) is 5.73 Å². The van der Waals surface area contributed by atoms with Crippen LogP contribution in [0.15, 0.2) is 36.4 Å². The number of ether oxygens (including phenoxy) is 1. The highest BCUT2D eigenvalue weighted by Gasteiger charge is 2.19. The van der Waals surface area contributed by atoms with Crippen LogP contribution in [0, 0.1) is 0 Å². The Morgan fingerprint density at radius 2 is 2.05 bits per heavy atom. The highest BCUT2D eigenvalue weighted by Crippen LogP contribution is 2.34. The summed E-state index contributed by atoms with van der Waals surface area (Å²) < 4.78 is 5.83. The number of rotatable bonds is 3. The Kier molecular flexibility index (Phi) is 4.39. The van der Waals surface area contributed by atoms with Gasteiger partial charge in [0.15, 0.2) is 0 Å². The molecular formula is C17H17Cl2NO. The second kappa shape index (κ2) is 6.27. The second-order valence-corrected chi connectivity index (χ2v) is 6.18. The Morgan fingerprint density at radius 1 is 1.19 bits per heavy atom. The van der Waals surface area contributed by atoms with Crippen molar-refractivity contribution < 1.29 is 4.74 Å². The van der Waals surface area contributed by atoms with Gasteiger partial charge in [-0.1, -0.05) is 47.5 Å². The number of nitrogens with two attached hydrogens (primary N) is 1. The minimum atomic E-state index is -0.142. The molecule has 0 aliphatic carbocycles. The number of fused-ring (bicyclic) bond motifs is 1. The van der Waals surface area contributed by atoms with Gasteiger partial charge in [-0.3, -0.25) is 0 Å². The third-order valence-corrected chi connectivity index (χ3v) is 4.41. The summed E-state index contributed by atoms with van der Waals surface area (Å²) in [5.41, 5.74) is 9.69. The van der Waals surface area contributed by atoms with Crippen molar-refractivity contribution >= 4 is 23.2 Å². The van der Waals surface area contributed by atoms with E-state index in [4.69, 9.17) is 33.7 Å². The maximum absolute atomic E-state index is 6.39. The molecule has 0 amide bonds. The molecule has 0 fully saturated rings. The minimum absolute atomic E-state index is 0.142. The molecule has 1 atom stereocenters. The Morgan fingerprint density at radius 3 is 2.86 bits per heavy atom. The first-order valence-corrected chi connectivity index (χ1v) is 7.85. The number of aryl methyl sites for hydroxylation is 1. The summed E-state index contributed by atoms with van der Waals surface area (Å²) in [6, 6.07) is 11.6. The van der Waals surface area contributed by atoms with E-state index in [0.717, 1.165) is 36.3 Å². The molecule has 2 aromatic carbocycles. The zero-order valence-corrected chi connectivity index (χ0v) is 13.1. The van der Waals surface area contributed by atoms with Crippen molar-refractivity contribution in [2.45, 2.75) is 25.3 Å². The molecule has 0 aromatic heterocycles. The van der Waals surface area contributed by atoms with Crippen molar-refractivity contribution in [3.63, 3.8) is 0 Å². The molecule has 0 saturated carbocycles. The first-order valence-electron chi connectivity index (χ1n) is 7.09. The van der Waals surface area contributed by atoms with Crippen molar-refractivity contribution in [1.82, 2.24) is 0 Å². The quantitative estimate of drug-likeness (QED) is 0.899. The van der Waals surface area contributed by atoms with Crippen LogP contribution in [0.2, 0.25) is 10.0 Å². The van der Waals surface area contributed by atoms with Crippen LogP contribution in [0.25, 0.3) is 0 Å². The van der Waals surface area contributed by atoms with Gasteiger partial charge in [0.05, 0.1) is 6.61 Å². The largest absolute Gasteiger partial charge is 0.493 e. The molecule has 1 aliphatic heterocycles. The zero-order valence-electron chi connectivity index (χ0n) is 11.6. The zero-order chi connectivity index (χ0) is 14.8. The van der Waals surface area contributed by atoms with E-state index in [9.17, 15) is 0 Å². The van der Waals surface area contributed by atoms with Gasteiger partial charge in [-0.15, -0.1) is 0 Å². The second-order valence-electron chi connectivity index (χ2n) is 5.33. The van der Waals surface area contributed by atoms with Crippen LogP contribution < -0.4 is 10.5 Å². The Hall–Kier alpha value is -1.22. The van der Waals surface area contributed by atoms with E-state index in [1.807, 2.05) is 24.3 Å². The van der Waals surface area contributed by atoms with Gasteiger partial charge in [-0.2, -0.15) is 0 Å². The summed E-state index contributed by atoms with van der Waals surface area (Å²) in [4.78, 5) is 0. The predicted octanol–water partition coefficient (Wildman–Crippen LogP) is 4.56. The van der Waals surface area contributed by atoms with Gasteiger partial charge in [0.25, 0.3) is 0 Å². The highest BCUT2D eigenvalue weighted by molar-refractivity contribution is 6.35. The number of halogens is 2. The molecule has 2 N–H and O–H groups in total. The van der Waals surface area contributed by atoms with Crippen LogP contribution in [0.5, 0.6) is 5.75 Å². The van der Waals surface area contributed by atoms with Crippen LogP contribution in [-0.2, 0) is 12.8 Å². The lowest BCUT2D eigenvalue weighted by Crippen LogP contribution is -2.18. The van der Waals surface area contributed by atoms with Gasteiger partial charge in [0.1, 0.15) is 5.75 Å². The maximum Gasteiger partial charge on any atom is 0.127 e. The number of hydrogen-bond acceptors (Lipinski definition) is 2. The fourth-order valence-electron chi connectivity index (χ4n) is 2.74. The standard InChI is InChI=1S/C17H17Cl2NO/c18-13-7-6-12(15(19)10-13)9-16(20)14-5-1-3-11-4-2-8-21-17(11)14/h1,3,5-7,10,16H,2,4,8-9,20H2. The number of benzene rings is 2. The minimum Gasteiger partial charge on any atom is -0.493 e. The maximum atomic E-state index is 6.39. The van der Waals surface area contributed by atoms with Gasteiger partial charge in [0, 0.05) is 21.7 Å². The lowest BCUT2D eigenvalue weighted by Gasteiger charge is -2.23. The van der Waals surface area contributed by atoms with Gasteiger partial charge in [0.2, 0.25) is 0 Å². The molecule has 110 valence electrons. The molecule has 0 spiro atoms. The summed E-state index contributed by atoms with van der Waals surface area (Å²) in [6.07, 6.45) is 2.78. The van der Waals surface area contributed by atoms with Gasteiger partial charge in [-0.25, -0.2) is 0 Å². The van der Waals surface area contributed by atoms with Crippen molar-refractivity contribution in [2.75, 3.05) is 6.61 Å². The third kappa shape index (κ3) is 3.18. The van der Waals surface area contributed by atoms with E-state index in [1.54, 1.807) is 6.07 Å². The van der Waals surface area contributed by atoms with Crippen molar-refractivity contribution in [1.29, 1.82) is 0 Å². The monoisotopic (exact) mass is 321 g/mol. The molecule has 1 aliphatic rings. The summed E-state index contributed by atoms with van der Waals surface area (Å²) in [5.74, 6) is 0.960. The van der Waals surface area contributed by atoms with Crippen LogP contribution in [0.1, 0.15) is 29.2 Å². The molecule has 2 nitrogen and oxygen atoms in total. The average molecular weight is 322 g/mol. The topological polar surface area (TPSA) is 35.2 Å². The molecule has 1 unspecified atom stereocenters. The average Bonchev–Trinajstić information content (AvgIpc) is 2.49. The number of hydrogen-bond donors (Lipinski definition) is 1. The molecule has 0 radical (unpaired) electrons. The molecular weight excluding hydrogens is 305 g/mol. The normalized spacial score (nSPS) is 15.2. The van der Waals surface area contributed by atoms with Crippen LogP contribution in [-0.4, -0.2) is 6.61 Å². The number of para-hydroxylation sites is 1. The molecule has 4 heteroatoms. The highest BCUT2D eigenvalue weighted by atomic mass is 35.5. The summed E-state index contributed by atoms with van der Waals surface area (Å²) >= 11 is 12.2. The summed E-state index contributed by atoms with van der Waals surface area (Å²) in [7, 11) is 0. The van der Waals surface area contributed by atoms with Crippen LogP contribution in [0.3, 0.4) is 0 Å². The lowest BCUT2D eigenvalue weighted by atomic mass is 9.94. The smallest absolute Gasteiger partial charge is 0.127 e. The predicted molar refractivity (Wildman–Crippen MR) is 87.4 cm³/mol. The third-order valence-electron chi connectivity index (χ3n) is 3.82. The van der Waals surface area contributed by atoms with E-state index in [1.165, 1.54) is 5.56 Å². The SMILES string of the molecule is NC(Cc1ccc(Cl)cc1Cl)c1cccc2c1OCCC2. The van der Waals surface area contributed by atoms with Gasteiger partial charge < -0.3 is 10.5 Å². The van der Waals surface area contributed by atoms with Gasteiger partial charge >= 0.3 is 0 Å². The van der Waals surface area contributed by atoms with Gasteiger partial charge in [-0.05, 0) is 42.5 Å². The fourth-order valence-corrected chi connectivity index (χ4v) is 3.23. The van der Waals surface area contributed by atoms with E-state index < -0.39 is 0 Å². The first kappa shape index (κ1) is 14.7. The van der Waals surface area contributed by atoms with Crippen LogP contribution >= 0.6 is 23.2 Å². The summed E-state index contributed by atoms with van der Waals surface area (Å²) in [6.45, 7) is 0.762. The van der Waals surface area contributed by atoms with E-state index in [-0.39, 0.29) is 6.04 Å². The molecule has 0 bridgehead atoms. The molecule has 3 rings (SSSR count). The van der Waals surface area contributed by atoms with Crippen LogP contribution in [0.4, 0.5) is 0 Å². The molecule has 2 aromatic rings. The van der Waals surface area contributed by atoms with E-state index in [0.29, 0.717) is 16.5 Å². The lowest BCUT2D eigenvalue weighted by molar-refractivity contribution is 0.283. The van der Waals surface area contributed by atoms with Crippen molar-refractivity contribution in [3.8, 4) is 5.75 Å². The Bertz CT molecular complexity index is 657. The molecule has 0 saturated heterocycles. The van der Waals surface area contributed by atoms with E-state index in [2.05, 4.69) is 6.07 Å². The Balaban J connectivity index is 1.87. The summed E-state index contributed by atoms with van der Waals surface area (Å²) in [5, 5.41) is 1.29. The first-order chi connectivity index (χ1) is 10.1. The molecule has 1 heterocycles. The molecule has 21 heavy (non-hydrogen) atoms. The van der Waals surface area contributed by atoms with Crippen molar-refractivity contribution in [3.05, 3.63) is 63.1 Å².